The van der Waals surface area contributed by atoms with Gasteiger partial charge in [-0.15, -0.1) is 0 Å². The minimum atomic E-state index is 0.0377. The lowest BCUT2D eigenvalue weighted by molar-refractivity contribution is 0.102. The molecule has 0 bridgehead atoms. The average molecular weight is 330 g/mol. The van der Waals surface area contributed by atoms with Gasteiger partial charge < -0.3 is 9.47 Å². The Hall–Kier alpha value is -2.08. The SMILES string of the molecule is Cc1cc(SCC(=O)c2ccc3c(c2)OCO3)nc(C(C)C)n1. The van der Waals surface area contributed by atoms with E-state index in [1.165, 1.54) is 11.8 Å². The number of carbonyl (C=O) groups excluding carboxylic acids is 1. The molecular formula is C17H18N2O3S. The number of carbonyl (C=O) groups is 1. The van der Waals surface area contributed by atoms with Crippen LogP contribution in [0, 0.1) is 6.92 Å². The van der Waals surface area contributed by atoms with Gasteiger partial charge in [0, 0.05) is 17.2 Å². The first-order chi connectivity index (χ1) is 11.0. The zero-order valence-corrected chi connectivity index (χ0v) is 14.1. The molecule has 1 aliphatic rings. The third-order valence-electron chi connectivity index (χ3n) is 3.41. The highest BCUT2D eigenvalue weighted by Gasteiger charge is 2.16. The molecule has 0 saturated carbocycles. The predicted octanol–water partition coefficient (Wildman–Crippen LogP) is 3.61. The molecule has 0 unspecified atom stereocenters. The van der Waals surface area contributed by atoms with Gasteiger partial charge in [0.1, 0.15) is 10.9 Å². The summed E-state index contributed by atoms with van der Waals surface area (Å²) in [6.45, 7) is 6.26. The number of aryl methyl sites for hydroxylation is 1. The Morgan fingerprint density at radius 3 is 2.78 bits per heavy atom. The smallest absolute Gasteiger partial charge is 0.231 e. The maximum absolute atomic E-state index is 12.4. The van der Waals surface area contributed by atoms with E-state index in [-0.39, 0.29) is 18.5 Å². The largest absolute Gasteiger partial charge is 0.454 e. The molecule has 2 heterocycles. The van der Waals surface area contributed by atoms with E-state index >= 15 is 0 Å². The number of thioether (sulfide) groups is 1. The van der Waals surface area contributed by atoms with Gasteiger partial charge >= 0.3 is 0 Å². The first-order valence-corrected chi connectivity index (χ1v) is 8.42. The first kappa shape index (κ1) is 15.8. The van der Waals surface area contributed by atoms with Crippen LogP contribution in [0.15, 0.2) is 29.3 Å². The molecule has 1 aromatic carbocycles. The number of fused-ring (bicyclic) bond motifs is 1. The second-order valence-corrected chi connectivity index (χ2v) is 6.64. The third kappa shape index (κ3) is 3.64. The van der Waals surface area contributed by atoms with Crippen molar-refractivity contribution >= 4 is 17.5 Å². The van der Waals surface area contributed by atoms with Gasteiger partial charge in [0.05, 0.1) is 5.75 Å². The molecular weight excluding hydrogens is 312 g/mol. The van der Waals surface area contributed by atoms with E-state index in [9.17, 15) is 4.79 Å². The number of ether oxygens (including phenoxy) is 2. The van der Waals surface area contributed by atoms with Gasteiger partial charge in [0.15, 0.2) is 17.3 Å². The summed E-state index contributed by atoms with van der Waals surface area (Å²) in [5, 5.41) is 0.829. The van der Waals surface area contributed by atoms with Crippen molar-refractivity contribution < 1.29 is 14.3 Å². The summed E-state index contributed by atoms with van der Waals surface area (Å²) in [4.78, 5) is 21.3. The molecule has 1 aliphatic heterocycles. The third-order valence-corrected chi connectivity index (χ3v) is 4.32. The highest BCUT2D eigenvalue weighted by molar-refractivity contribution is 7.99. The van der Waals surface area contributed by atoms with Gasteiger partial charge in [-0.25, -0.2) is 9.97 Å². The molecule has 0 spiro atoms. The monoisotopic (exact) mass is 330 g/mol. The molecule has 0 radical (unpaired) electrons. The van der Waals surface area contributed by atoms with Crippen molar-refractivity contribution in [2.45, 2.75) is 31.7 Å². The van der Waals surface area contributed by atoms with Crippen LogP contribution < -0.4 is 9.47 Å². The number of Topliss-reactive ketones (excluding diaryl/α,β-unsaturated/α-hetero) is 1. The molecule has 1 aromatic heterocycles. The van der Waals surface area contributed by atoms with Crippen LogP contribution in [0.25, 0.3) is 0 Å². The predicted molar refractivity (Wildman–Crippen MR) is 88.5 cm³/mol. The highest BCUT2D eigenvalue weighted by Crippen LogP contribution is 2.33. The molecule has 0 N–H and O–H groups in total. The zero-order chi connectivity index (χ0) is 16.4. The number of aromatic nitrogens is 2. The molecule has 0 saturated heterocycles. The van der Waals surface area contributed by atoms with Crippen LogP contribution in [0.1, 0.15) is 41.6 Å². The van der Waals surface area contributed by atoms with Gasteiger partial charge in [-0.3, -0.25) is 4.79 Å². The number of hydrogen-bond donors (Lipinski definition) is 0. The maximum atomic E-state index is 12.4. The lowest BCUT2D eigenvalue weighted by Gasteiger charge is -2.08. The standard InChI is InChI=1S/C17H18N2O3S/c1-10(2)17-18-11(3)6-16(19-17)23-8-13(20)12-4-5-14-15(7-12)22-9-21-14/h4-7,10H,8-9H2,1-3H3. The fourth-order valence-electron chi connectivity index (χ4n) is 2.19. The average Bonchev–Trinajstić information content (AvgIpc) is 2.99. The minimum Gasteiger partial charge on any atom is -0.454 e. The molecule has 23 heavy (non-hydrogen) atoms. The number of ketones is 1. The molecule has 5 nitrogen and oxygen atoms in total. The molecule has 3 rings (SSSR count). The number of hydrogen-bond acceptors (Lipinski definition) is 6. The van der Waals surface area contributed by atoms with Crippen molar-refractivity contribution in [2.75, 3.05) is 12.5 Å². The first-order valence-electron chi connectivity index (χ1n) is 7.44. The van der Waals surface area contributed by atoms with Gasteiger partial charge in [0.2, 0.25) is 6.79 Å². The van der Waals surface area contributed by atoms with Crippen molar-refractivity contribution in [1.29, 1.82) is 0 Å². The van der Waals surface area contributed by atoms with E-state index in [1.54, 1.807) is 18.2 Å². The number of rotatable bonds is 5. The van der Waals surface area contributed by atoms with E-state index < -0.39 is 0 Å². The van der Waals surface area contributed by atoms with E-state index in [4.69, 9.17) is 9.47 Å². The molecule has 0 aliphatic carbocycles. The van der Waals surface area contributed by atoms with Crippen molar-refractivity contribution in [3.05, 3.63) is 41.3 Å². The Labute approximate surface area is 139 Å². The van der Waals surface area contributed by atoms with E-state index in [2.05, 4.69) is 23.8 Å². The molecule has 0 amide bonds. The van der Waals surface area contributed by atoms with Crippen LogP contribution in [-0.2, 0) is 0 Å². The summed E-state index contributed by atoms with van der Waals surface area (Å²) in [5.41, 5.74) is 1.54. The van der Waals surface area contributed by atoms with Crippen LogP contribution >= 0.6 is 11.8 Å². The number of nitrogens with zero attached hydrogens (tertiary/aromatic N) is 2. The molecule has 6 heteroatoms. The Balaban J connectivity index is 1.69. The summed E-state index contributed by atoms with van der Waals surface area (Å²) >= 11 is 1.43. The van der Waals surface area contributed by atoms with Gasteiger partial charge in [-0.2, -0.15) is 0 Å². The van der Waals surface area contributed by atoms with Crippen molar-refractivity contribution in [3.63, 3.8) is 0 Å². The van der Waals surface area contributed by atoms with Crippen molar-refractivity contribution in [2.24, 2.45) is 0 Å². The Morgan fingerprint density at radius 2 is 2.00 bits per heavy atom. The summed E-state index contributed by atoms with van der Waals surface area (Å²) < 4.78 is 10.6. The van der Waals surface area contributed by atoms with Crippen LogP contribution in [0.2, 0.25) is 0 Å². The fourth-order valence-corrected chi connectivity index (χ4v) is 3.04. The van der Waals surface area contributed by atoms with Gasteiger partial charge in [0.25, 0.3) is 0 Å². The maximum Gasteiger partial charge on any atom is 0.231 e. The summed E-state index contributed by atoms with van der Waals surface area (Å²) in [6, 6.07) is 7.17. The quantitative estimate of drug-likeness (QED) is 0.474. The van der Waals surface area contributed by atoms with Crippen LogP contribution in [-0.4, -0.2) is 28.3 Å². The fraction of sp³-hybridized carbons (Fsp3) is 0.353. The van der Waals surface area contributed by atoms with E-state index in [0.29, 0.717) is 22.8 Å². The van der Waals surface area contributed by atoms with Gasteiger partial charge in [-0.05, 0) is 31.2 Å². The van der Waals surface area contributed by atoms with Crippen LogP contribution in [0.5, 0.6) is 11.5 Å². The Kier molecular flexibility index (Phi) is 4.52. The lowest BCUT2D eigenvalue weighted by Crippen LogP contribution is -2.04. The second kappa shape index (κ2) is 6.58. The van der Waals surface area contributed by atoms with Crippen molar-refractivity contribution in [3.8, 4) is 11.5 Å². The second-order valence-electron chi connectivity index (χ2n) is 5.64. The zero-order valence-electron chi connectivity index (χ0n) is 13.3. The lowest BCUT2D eigenvalue weighted by atomic mass is 10.1. The molecule has 0 atom stereocenters. The molecule has 120 valence electrons. The van der Waals surface area contributed by atoms with Gasteiger partial charge in [-0.1, -0.05) is 25.6 Å². The molecule has 0 fully saturated rings. The summed E-state index contributed by atoms with van der Waals surface area (Å²) in [6.07, 6.45) is 0. The topological polar surface area (TPSA) is 61.3 Å². The number of benzene rings is 1. The highest BCUT2D eigenvalue weighted by atomic mass is 32.2. The van der Waals surface area contributed by atoms with E-state index in [1.807, 2.05) is 13.0 Å². The Morgan fingerprint density at radius 1 is 1.22 bits per heavy atom. The van der Waals surface area contributed by atoms with Crippen molar-refractivity contribution in [1.82, 2.24) is 9.97 Å². The Bertz CT molecular complexity index is 747. The molecule has 2 aromatic rings. The minimum absolute atomic E-state index is 0.0377. The van der Waals surface area contributed by atoms with E-state index in [0.717, 1.165) is 16.5 Å². The van der Waals surface area contributed by atoms with Crippen LogP contribution in [0.3, 0.4) is 0 Å². The summed E-state index contributed by atoms with van der Waals surface area (Å²) in [7, 11) is 0. The van der Waals surface area contributed by atoms with Crippen LogP contribution in [0.4, 0.5) is 0 Å². The summed E-state index contributed by atoms with van der Waals surface area (Å²) in [5.74, 6) is 2.74. The normalized spacial score (nSPS) is 12.7.